The fourth-order valence-corrected chi connectivity index (χ4v) is 3.94. The third-order valence-corrected chi connectivity index (χ3v) is 5.98. The highest BCUT2D eigenvalue weighted by Crippen LogP contribution is 2.21. The summed E-state index contributed by atoms with van der Waals surface area (Å²) in [4.78, 5) is 13.0. The average molecular weight is 389 g/mol. The number of benzene rings is 2. The topological polar surface area (TPSA) is 58.6 Å². The molecule has 146 valence electrons. The molecule has 0 aliphatic rings. The number of rotatable bonds is 7. The third kappa shape index (κ3) is 5.91. The SMILES string of the molecule is COc1ccc(NC(=O)[C@H](Cc2ccccc2)N(C)[S@@](=O)C(C)(C)C)cc1. The average Bonchev–Trinajstić information content (AvgIpc) is 2.65. The predicted molar refractivity (Wildman–Crippen MR) is 111 cm³/mol. The molecule has 2 aromatic carbocycles. The second-order valence-electron chi connectivity index (χ2n) is 7.33. The number of amides is 1. The number of carbonyl (C=O) groups is 1. The quantitative estimate of drug-likeness (QED) is 0.788. The molecule has 0 radical (unpaired) electrons. The Hall–Kier alpha value is -2.18. The van der Waals surface area contributed by atoms with Crippen molar-refractivity contribution in [1.29, 1.82) is 0 Å². The van der Waals surface area contributed by atoms with E-state index in [1.54, 1.807) is 42.7 Å². The molecule has 0 bridgehead atoms. The number of carbonyl (C=O) groups excluding carboxylic acids is 1. The van der Waals surface area contributed by atoms with Gasteiger partial charge in [0, 0.05) is 12.7 Å². The predicted octanol–water partition coefficient (Wildman–Crippen LogP) is 3.64. The van der Waals surface area contributed by atoms with E-state index in [9.17, 15) is 9.00 Å². The van der Waals surface area contributed by atoms with Gasteiger partial charge in [-0.1, -0.05) is 30.3 Å². The van der Waals surface area contributed by atoms with Crippen molar-refractivity contribution in [2.45, 2.75) is 38.0 Å². The van der Waals surface area contributed by atoms with E-state index in [2.05, 4.69) is 5.32 Å². The molecular formula is C21H28N2O3S. The Balaban J connectivity index is 2.23. The van der Waals surface area contributed by atoms with Gasteiger partial charge >= 0.3 is 0 Å². The van der Waals surface area contributed by atoms with Gasteiger partial charge in [0.2, 0.25) is 5.91 Å². The van der Waals surface area contributed by atoms with Gasteiger partial charge in [0.1, 0.15) is 22.8 Å². The Labute approximate surface area is 164 Å². The molecule has 2 atom stereocenters. The lowest BCUT2D eigenvalue weighted by Gasteiger charge is -2.31. The normalized spacial score (nSPS) is 13.9. The van der Waals surface area contributed by atoms with Crippen LogP contribution in [0.15, 0.2) is 54.6 Å². The lowest BCUT2D eigenvalue weighted by atomic mass is 10.1. The molecule has 6 heteroatoms. The molecule has 0 aliphatic heterocycles. The van der Waals surface area contributed by atoms with Crippen LogP contribution in [0.2, 0.25) is 0 Å². The molecule has 0 aromatic heterocycles. The Morgan fingerprint density at radius 1 is 1.11 bits per heavy atom. The van der Waals surface area contributed by atoms with Crippen LogP contribution in [0.25, 0.3) is 0 Å². The zero-order chi connectivity index (χ0) is 20.0. The van der Waals surface area contributed by atoms with E-state index in [0.717, 1.165) is 11.3 Å². The number of anilines is 1. The summed E-state index contributed by atoms with van der Waals surface area (Å²) in [6.45, 7) is 5.71. The van der Waals surface area contributed by atoms with Gasteiger partial charge < -0.3 is 10.1 Å². The molecule has 2 aromatic rings. The van der Waals surface area contributed by atoms with Crippen molar-refractivity contribution < 1.29 is 13.7 Å². The van der Waals surface area contributed by atoms with Crippen LogP contribution in [0.5, 0.6) is 5.75 Å². The third-order valence-electron chi connectivity index (χ3n) is 4.16. The number of nitrogens with zero attached hydrogens (tertiary/aromatic N) is 1. The molecule has 0 saturated heterocycles. The number of hydrogen-bond acceptors (Lipinski definition) is 3. The highest BCUT2D eigenvalue weighted by atomic mass is 32.2. The van der Waals surface area contributed by atoms with Gasteiger partial charge in [-0.2, -0.15) is 0 Å². The number of methoxy groups -OCH3 is 1. The summed E-state index contributed by atoms with van der Waals surface area (Å²) in [6.07, 6.45) is 0.473. The van der Waals surface area contributed by atoms with Gasteiger partial charge in [0.05, 0.1) is 11.9 Å². The Morgan fingerprint density at radius 3 is 2.22 bits per heavy atom. The van der Waals surface area contributed by atoms with Crippen LogP contribution in [-0.2, 0) is 22.2 Å². The van der Waals surface area contributed by atoms with Gasteiger partial charge in [-0.25, -0.2) is 8.51 Å². The van der Waals surface area contributed by atoms with E-state index in [-0.39, 0.29) is 5.91 Å². The largest absolute Gasteiger partial charge is 0.497 e. The van der Waals surface area contributed by atoms with Gasteiger partial charge in [-0.05, 0) is 57.0 Å². The first-order valence-electron chi connectivity index (χ1n) is 8.86. The van der Waals surface area contributed by atoms with Crippen LogP contribution in [0.3, 0.4) is 0 Å². The minimum Gasteiger partial charge on any atom is -0.497 e. The molecule has 0 unspecified atom stereocenters. The molecule has 0 heterocycles. The molecular weight excluding hydrogens is 360 g/mol. The summed E-state index contributed by atoms with van der Waals surface area (Å²) in [5, 5.41) is 2.93. The van der Waals surface area contributed by atoms with Crippen LogP contribution in [0, 0.1) is 0 Å². The van der Waals surface area contributed by atoms with E-state index in [1.165, 1.54) is 0 Å². The first kappa shape index (κ1) is 21.1. The van der Waals surface area contributed by atoms with E-state index < -0.39 is 21.8 Å². The van der Waals surface area contributed by atoms with Crippen LogP contribution in [0.4, 0.5) is 5.69 Å². The molecule has 1 amide bonds. The zero-order valence-corrected chi connectivity index (χ0v) is 17.4. The van der Waals surface area contributed by atoms with Crippen molar-refractivity contribution >= 4 is 22.6 Å². The number of ether oxygens (including phenoxy) is 1. The lowest BCUT2D eigenvalue weighted by Crippen LogP contribution is -2.48. The number of likely N-dealkylation sites (N-methyl/N-ethyl adjacent to an activating group) is 1. The monoisotopic (exact) mass is 388 g/mol. The molecule has 0 aliphatic carbocycles. The van der Waals surface area contributed by atoms with Gasteiger partial charge in [-0.15, -0.1) is 0 Å². The van der Waals surface area contributed by atoms with Gasteiger partial charge in [0.25, 0.3) is 0 Å². The fraction of sp³-hybridized carbons (Fsp3) is 0.381. The number of hydrogen-bond donors (Lipinski definition) is 1. The molecule has 0 saturated carbocycles. The molecule has 2 rings (SSSR count). The smallest absolute Gasteiger partial charge is 0.243 e. The van der Waals surface area contributed by atoms with Crippen molar-refractivity contribution in [2.24, 2.45) is 0 Å². The van der Waals surface area contributed by atoms with Crippen LogP contribution in [-0.4, -0.2) is 39.4 Å². The van der Waals surface area contributed by atoms with Gasteiger partial charge in [0.15, 0.2) is 0 Å². The van der Waals surface area contributed by atoms with Crippen molar-refractivity contribution in [1.82, 2.24) is 4.31 Å². The molecule has 0 spiro atoms. The summed E-state index contributed by atoms with van der Waals surface area (Å²) in [5.41, 5.74) is 1.69. The standard InChI is InChI=1S/C21H28N2O3S/c1-21(2,3)27(25)23(4)19(15-16-9-7-6-8-10-16)20(24)22-17-11-13-18(26-5)14-12-17/h6-14,19H,15H2,1-5H3,(H,22,24)/t19-,27-/m0/s1. The second kappa shape index (κ2) is 9.15. The van der Waals surface area contributed by atoms with Crippen molar-refractivity contribution in [3.05, 3.63) is 60.2 Å². The Morgan fingerprint density at radius 2 is 1.70 bits per heavy atom. The molecule has 1 N–H and O–H groups in total. The summed E-state index contributed by atoms with van der Waals surface area (Å²) in [7, 11) is 2.02. The highest BCUT2D eigenvalue weighted by Gasteiger charge is 2.33. The van der Waals surface area contributed by atoms with Crippen LogP contribution in [0.1, 0.15) is 26.3 Å². The molecule has 5 nitrogen and oxygen atoms in total. The number of nitrogens with one attached hydrogen (secondary N) is 1. The van der Waals surface area contributed by atoms with Crippen LogP contribution < -0.4 is 10.1 Å². The van der Waals surface area contributed by atoms with E-state index >= 15 is 0 Å². The minimum absolute atomic E-state index is 0.191. The summed E-state index contributed by atoms with van der Waals surface area (Å²) in [5.74, 6) is 0.531. The van der Waals surface area contributed by atoms with E-state index in [4.69, 9.17) is 4.74 Å². The maximum atomic E-state index is 13.0. The lowest BCUT2D eigenvalue weighted by molar-refractivity contribution is -0.119. The van der Waals surface area contributed by atoms with Gasteiger partial charge in [-0.3, -0.25) is 4.79 Å². The fourth-order valence-electron chi connectivity index (χ4n) is 2.67. The molecule has 27 heavy (non-hydrogen) atoms. The highest BCUT2D eigenvalue weighted by molar-refractivity contribution is 7.84. The summed E-state index contributed by atoms with van der Waals surface area (Å²) >= 11 is 0. The second-order valence-corrected chi connectivity index (χ2v) is 9.63. The zero-order valence-electron chi connectivity index (χ0n) is 16.6. The minimum atomic E-state index is -1.32. The van der Waals surface area contributed by atoms with Crippen molar-refractivity contribution in [3.8, 4) is 5.75 Å². The Kier molecular flexibility index (Phi) is 7.16. The van der Waals surface area contributed by atoms with Crippen LogP contribution >= 0.6 is 0 Å². The molecule has 0 fully saturated rings. The first-order chi connectivity index (χ1) is 12.7. The van der Waals surface area contributed by atoms with Crippen molar-refractivity contribution in [3.63, 3.8) is 0 Å². The maximum absolute atomic E-state index is 13.0. The first-order valence-corrected chi connectivity index (χ1v) is 9.96. The van der Waals surface area contributed by atoms with E-state index in [0.29, 0.717) is 12.1 Å². The Bertz CT molecular complexity index is 770. The summed E-state index contributed by atoms with van der Waals surface area (Å²) in [6, 6.07) is 16.4. The van der Waals surface area contributed by atoms with Crippen molar-refractivity contribution in [2.75, 3.05) is 19.5 Å². The van der Waals surface area contributed by atoms with E-state index in [1.807, 2.05) is 51.1 Å². The maximum Gasteiger partial charge on any atom is 0.243 e. The summed E-state index contributed by atoms with van der Waals surface area (Å²) < 4.78 is 19.2.